The normalized spacial score (nSPS) is 30.3. The van der Waals surface area contributed by atoms with Crippen LogP contribution in [0.1, 0.15) is 45.4 Å². The van der Waals surface area contributed by atoms with Gasteiger partial charge in [-0.1, -0.05) is 0 Å². The third-order valence-corrected chi connectivity index (χ3v) is 5.38. The second-order valence-corrected chi connectivity index (χ2v) is 6.98. The van der Waals surface area contributed by atoms with E-state index in [1.54, 1.807) is 0 Å². The fourth-order valence-corrected chi connectivity index (χ4v) is 3.85. The molecule has 0 atom stereocenters. The molecule has 0 aromatic rings. The van der Waals surface area contributed by atoms with Gasteiger partial charge >= 0.3 is 0 Å². The maximum absolute atomic E-state index is 9.49. The Morgan fingerprint density at radius 3 is 2.33 bits per heavy atom. The van der Waals surface area contributed by atoms with Crippen LogP contribution in [0, 0.1) is 10.8 Å². The van der Waals surface area contributed by atoms with E-state index in [1.165, 1.54) is 45.3 Å². The van der Waals surface area contributed by atoms with Crippen LogP contribution in [0.15, 0.2) is 0 Å². The van der Waals surface area contributed by atoms with Crippen molar-refractivity contribution in [2.24, 2.45) is 10.8 Å². The summed E-state index contributed by atoms with van der Waals surface area (Å²) in [4.78, 5) is 2.64. The van der Waals surface area contributed by atoms with Crippen molar-refractivity contribution in [3.05, 3.63) is 0 Å². The lowest BCUT2D eigenvalue weighted by atomic mass is 9.61. The van der Waals surface area contributed by atoms with Gasteiger partial charge in [0.15, 0.2) is 0 Å². The molecule has 2 saturated carbocycles. The largest absolute Gasteiger partial charge is 0.393 e. The Hall–Kier alpha value is -0.120. The van der Waals surface area contributed by atoms with Crippen molar-refractivity contribution in [2.75, 3.05) is 32.8 Å². The highest BCUT2D eigenvalue weighted by molar-refractivity contribution is 5.00. The molecule has 0 bridgehead atoms. The van der Waals surface area contributed by atoms with Crippen molar-refractivity contribution in [3.8, 4) is 0 Å². The van der Waals surface area contributed by atoms with Crippen molar-refractivity contribution in [1.29, 1.82) is 0 Å². The van der Waals surface area contributed by atoms with E-state index in [9.17, 15) is 5.11 Å². The molecule has 0 radical (unpaired) electrons. The Morgan fingerprint density at radius 2 is 1.83 bits per heavy atom. The van der Waals surface area contributed by atoms with Crippen LogP contribution in [0.4, 0.5) is 0 Å². The van der Waals surface area contributed by atoms with Gasteiger partial charge in [-0.3, -0.25) is 0 Å². The van der Waals surface area contributed by atoms with Crippen LogP contribution >= 0.6 is 0 Å². The van der Waals surface area contributed by atoms with Gasteiger partial charge in [-0.05, 0) is 64.0 Å². The summed E-state index contributed by atoms with van der Waals surface area (Å²) < 4.78 is 5.63. The topological polar surface area (TPSA) is 32.7 Å². The molecule has 0 aromatic carbocycles. The number of aliphatic hydroxyl groups excluding tert-OH is 1. The summed E-state index contributed by atoms with van der Waals surface area (Å²) >= 11 is 0. The first-order valence-electron chi connectivity index (χ1n) is 7.64. The number of aliphatic hydroxyl groups is 1. The van der Waals surface area contributed by atoms with Crippen molar-refractivity contribution in [2.45, 2.75) is 51.6 Å². The van der Waals surface area contributed by atoms with Crippen LogP contribution in [0.3, 0.4) is 0 Å². The van der Waals surface area contributed by atoms with Crippen LogP contribution in [0.2, 0.25) is 0 Å². The molecule has 0 amide bonds. The summed E-state index contributed by atoms with van der Waals surface area (Å²) in [6, 6.07) is 0. The first kappa shape index (κ1) is 12.9. The molecule has 2 aliphatic carbocycles. The highest BCUT2D eigenvalue weighted by Crippen LogP contribution is 2.51. The minimum absolute atomic E-state index is 0.00396. The van der Waals surface area contributed by atoms with E-state index < -0.39 is 0 Å². The smallest absolute Gasteiger partial charge is 0.0550 e. The van der Waals surface area contributed by atoms with Crippen LogP contribution in [0.5, 0.6) is 0 Å². The van der Waals surface area contributed by atoms with Gasteiger partial charge < -0.3 is 14.7 Å². The monoisotopic (exact) mass is 253 g/mol. The van der Waals surface area contributed by atoms with Gasteiger partial charge in [0.1, 0.15) is 0 Å². The van der Waals surface area contributed by atoms with E-state index in [4.69, 9.17) is 4.74 Å². The van der Waals surface area contributed by atoms with Crippen LogP contribution in [0.25, 0.3) is 0 Å². The van der Waals surface area contributed by atoms with Gasteiger partial charge in [0, 0.05) is 18.6 Å². The van der Waals surface area contributed by atoms with E-state index in [0.717, 1.165) is 26.1 Å². The molecule has 0 unspecified atom stereocenters. The average molecular weight is 253 g/mol. The number of likely N-dealkylation sites (tertiary alicyclic amines) is 1. The van der Waals surface area contributed by atoms with E-state index in [0.29, 0.717) is 10.8 Å². The van der Waals surface area contributed by atoms with Crippen LogP contribution < -0.4 is 0 Å². The maximum Gasteiger partial charge on any atom is 0.0550 e. The first-order valence-corrected chi connectivity index (χ1v) is 7.64. The minimum atomic E-state index is 0.00396. The van der Waals surface area contributed by atoms with Gasteiger partial charge in [-0.25, -0.2) is 0 Å². The predicted octanol–water partition coefficient (Wildman–Crippen LogP) is 2.04. The summed E-state index contributed by atoms with van der Waals surface area (Å²) in [6.07, 6.45) is 7.43. The number of hydrogen-bond acceptors (Lipinski definition) is 3. The number of nitrogens with zero attached hydrogens (tertiary/aromatic N) is 1. The third kappa shape index (κ3) is 2.59. The van der Waals surface area contributed by atoms with Gasteiger partial charge in [-0.15, -0.1) is 0 Å². The Kier molecular flexibility index (Phi) is 3.41. The second-order valence-electron chi connectivity index (χ2n) is 6.98. The Balaban J connectivity index is 1.43. The number of rotatable bonds is 5. The summed E-state index contributed by atoms with van der Waals surface area (Å²) in [5, 5.41) is 9.49. The lowest BCUT2D eigenvalue weighted by molar-refractivity contribution is -0.0714. The summed E-state index contributed by atoms with van der Waals surface area (Å²) in [7, 11) is 0. The fourth-order valence-electron chi connectivity index (χ4n) is 3.85. The van der Waals surface area contributed by atoms with Crippen LogP contribution in [-0.4, -0.2) is 49.0 Å². The molecular formula is C15H27NO2. The molecule has 0 aromatic heterocycles. The van der Waals surface area contributed by atoms with Gasteiger partial charge in [-0.2, -0.15) is 0 Å². The number of piperidine rings is 1. The molecule has 3 heteroatoms. The molecule has 3 aliphatic rings. The molecular weight excluding hydrogens is 226 g/mol. The van der Waals surface area contributed by atoms with Crippen molar-refractivity contribution < 1.29 is 9.84 Å². The molecule has 1 N–H and O–H groups in total. The summed E-state index contributed by atoms with van der Waals surface area (Å²) in [6.45, 7) is 7.61. The molecule has 1 saturated heterocycles. The van der Waals surface area contributed by atoms with Crippen molar-refractivity contribution in [1.82, 2.24) is 4.90 Å². The number of hydrogen-bond donors (Lipinski definition) is 1. The molecule has 1 aliphatic heterocycles. The first-order chi connectivity index (χ1) is 8.65. The zero-order valence-corrected chi connectivity index (χ0v) is 11.7. The van der Waals surface area contributed by atoms with E-state index in [-0.39, 0.29) is 6.10 Å². The molecule has 3 rings (SSSR count). The summed E-state index contributed by atoms with van der Waals surface area (Å²) in [5.41, 5.74) is 1.02. The molecule has 1 spiro atoms. The van der Waals surface area contributed by atoms with Crippen molar-refractivity contribution >= 4 is 0 Å². The van der Waals surface area contributed by atoms with E-state index in [2.05, 4.69) is 11.8 Å². The quantitative estimate of drug-likeness (QED) is 0.814. The second kappa shape index (κ2) is 4.77. The minimum Gasteiger partial charge on any atom is -0.393 e. The van der Waals surface area contributed by atoms with Gasteiger partial charge in [0.05, 0.1) is 12.7 Å². The van der Waals surface area contributed by atoms with E-state index in [1.807, 2.05) is 0 Å². The zero-order chi connectivity index (χ0) is 12.6. The molecule has 18 heavy (non-hydrogen) atoms. The maximum atomic E-state index is 9.49. The van der Waals surface area contributed by atoms with Gasteiger partial charge in [0.2, 0.25) is 0 Å². The molecule has 104 valence electrons. The Bertz CT molecular complexity index is 285. The van der Waals surface area contributed by atoms with E-state index >= 15 is 0 Å². The lowest BCUT2D eigenvalue weighted by Gasteiger charge is -2.51. The Labute approximate surface area is 110 Å². The highest BCUT2D eigenvalue weighted by Gasteiger charge is 2.48. The molecule has 1 heterocycles. The molecule has 3 fully saturated rings. The average Bonchev–Trinajstić information content (AvgIpc) is 3.08. The summed E-state index contributed by atoms with van der Waals surface area (Å²) in [5.74, 6) is 0. The highest BCUT2D eigenvalue weighted by atomic mass is 16.5. The Morgan fingerprint density at radius 1 is 1.17 bits per heavy atom. The molecule has 3 nitrogen and oxygen atoms in total. The number of ether oxygens (including phenoxy) is 1. The van der Waals surface area contributed by atoms with Gasteiger partial charge in [0.25, 0.3) is 0 Å². The standard InChI is InChI=1S/C15H27NO2/c1-2-18-12-15(3-4-15)11-16-7-5-14(6-8-16)9-13(17)10-14/h13,17H,2-12H2,1H3. The lowest BCUT2D eigenvalue weighted by Crippen LogP contribution is -2.50. The third-order valence-electron chi connectivity index (χ3n) is 5.38. The van der Waals surface area contributed by atoms with Crippen molar-refractivity contribution in [3.63, 3.8) is 0 Å². The fraction of sp³-hybridized carbons (Fsp3) is 1.00. The van der Waals surface area contributed by atoms with Crippen LogP contribution in [-0.2, 0) is 4.74 Å². The predicted molar refractivity (Wildman–Crippen MR) is 71.5 cm³/mol. The zero-order valence-electron chi connectivity index (χ0n) is 11.7. The SMILES string of the molecule is CCOCC1(CN2CCC3(CC2)CC(O)C3)CC1.